The molecule has 0 fully saturated rings. The smallest absolute Gasteiger partial charge is 0.169 e. The van der Waals surface area contributed by atoms with Crippen molar-refractivity contribution in [3.8, 4) is 0 Å². The van der Waals surface area contributed by atoms with Crippen molar-refractivity contribution >= 4 is 17.3 Å². The first-order valence-electron chi connectivity index (χ1n) is 9.23. The second kappa shape index (κ2) is 10.9. The van der Waals surface area contributed by atoms with Crippen molar-refractivity contribution in [2.45, 2.75) is 59.0 Å². The predicted octanol–water partition coefficient (Wildman–Crippen LogP) is 4.13. The summed E-state index contributed by atoms with van der Waals surface area (Å²) in [5, 5.41) is 4.22. The van der Waals surface area contributed by atoms with E-state index in [9.17, 15) is 0 Å². The van der Waals surface area contributed by atoms with Crippen molar-refractivity contribution in [1.29, 1.82) is 0 Å². The summed E-state index contributed by atoms with van der Waals surface area (Å²) in [6.45, 7) is 7.67. The number of furan rings is 1. The predicted molar refractivity (Wildman–Crippen MR) is 105 cm³/mol. The maximum absolute atomic E-state index is 5.73. The number of imidazole rings is 1. The number of thiocarbonyl (C=S) groups is 1. The van der Waals surface area contributed by atoms with Gasteiger partial charge in [-0.15, -0.1) is 0 Å². The summed E-state index contributed by atoms with van der Waals surface area (Å²) in [7, 11) is 0. The Morgan fingerprint density at radius 3 is 2.84 bits per heavy atom. The zero-order valence-corrected chi connectivity index (χ0v) is 16.2. The monoisotopic (exact) mass is 362 g/mol. The van der Waals surface area contributed by atoms with Gasteiger partial charge < -0.3 is 19.2 Å². The average molecular weight is 363 g/mol. The number of aromatic nitrogens is 2. The summed E-state index contributed by atoms with van der Waals surface area (Å²) < 4.78 is 7.82. The molecule has 2 aromatic rings. The maximum Gasteiger partial charge on any atom is 0.169 e. The van der Waals surface area contributed by atoms with Crippen molar-refractivity contribution in [2.75, 3.05) is 13.1 Å². The van der Waals surface area contributed by atoms with Gasteiger partial charge in [0.15, 0.2) is 5.11 Å². The van der Waals surface area contributed by atoms with Crippen molar-refractivity contribution in [1.82, 2.24) is 19.8 Å². The number of rotatable bonds is 11. The fourth-order valence-electron chi connectivity index (χ4n) is 2.73. The van der Waals surface area contributed by atoms with Crippen LogP contribution in [0.5, 0.6) is 0 Å². The van der Waals surface area contributed by atoms with Gasteiger partial charge in [0, 0.05) is 32.0 Å². The fraction of sp³-hybridized carbons (Fsp3) is 0.579. The summed E-state index contributed by atoms with van der Waals surface area (Å²) in [6.07, 6.45) is 11.6. The number of hydrogen-bond donors (Lipinski definition) is 1. The summed E-state index contributed by atoms with van der Waals surface area (Å²) in [6, 6.07) is 4.03. The van der Waals surface area contributed by atoms with Crippen LogP contribution in [0, 0.1) is 6.92 Å². The van der Waals surface area contributed by atoms with Gasteiger partial charge in [0.2, 0.25) is 0 Å². The van der Waals surface area contributed by atoms with Gasteiger partial charge in [0.05, 0.1) is 12.9 Å². The van der Waals surface area contributed by atoms with Gasteiger partial charge in [-0.2, -0.15) is 0 Å². The normalized spacial score (nSPS) is 10.8. The van der Waals surface area contributed by atoms with E-state index in [4.69, 9.17) is 16.6 Å². The second-order valence-electron chi connectivity index (χ2n) is 6.38. The first-order valence-corrected chi connectivity index (χ1v) is 9.63. The SMILES string of the molecule is CCCCCCNC(=S)N(CCCn1ccnc1)Cc1ccc(C)o1. The molecule has 1 N–H and O–H groups in total. The quantitative estimate of drug-likeness (QED) is 0.481. The lowest BCUT2D eigenvalue weighted by atomic mass is 10.2. The van der Waals surface area contributed by atoms with Crippen molar-refractivity contribution in [3.05, 3.63) is 42.4 Å². The van der Waals surface area contributed by atoms with Gasteiger partial charge in [0.25, 0.3) is 0 Å². The van der Waals surface area contributed by atoms with E-state index in [-0.39, 0.29) is 0 Å². The van der Waals surface area contributed by atoms with E-state index in [1.165, 1.54) is 19.3 Å². The molecule has 0 saturated heterocycles. The third-order valence-electron chi connectivity index (χ3n) is 4.14. The van der Waals surface area contributed by atoms with Gasteiger partial charge in [-0.3, -0.25) is 0 Å². The zero-order valence-electron chi connectivity index (χ0n) is 15.4. The minimum atomic E-state index is 0.707. The van der Waals surface area contributed by atoms with Gasteiger partial charge >= 0.3 is 0 Å². The molecule has 0 aromatic carbocycles. The molecule has 138 valence electrons. The number of aryl methyl sites for hydroxylation is 2. The molecule has 0 saturated carbocycles. The van der Waals surface area contributed by atoms with E-state index in [0.29, 0.717) is 6.54 Å². The van der Waals surface area contributed by atoms with E-state index >= 15 is 0 Å². The Balaban J connectivity index is 1.82. The van der Waals surface area contributed by atoms with E-state index in [2.05, 4.69) is 26.7 Å². The summed E-state index contributed by atoms with van der Waals surface area (Å²) in [5.74, 6) is 1.89. The fourth-order valence-corrected chi connectivity index (χ4v) is 2.99. The molecule has 0 aliphatic heterocycles. The molecule has 0 radical (unpaired) electrons. The van der Waals surface area contributed by atoms with E-state index in [1.54, 1.807) is 0 Å². The third kappa shape index (κ3) is 7.30. The summed E-state index contributed by atoms with van der Waals surface area (Å²) in [5.41, 5.74) is 0. The lowest BCUT2D eigenvalue weighted by Crippen LogP contribution is -2.40. The van der Waals surface area contributed by atoms with E-state index in [0.717, 1.165) is 49.1 Å². The Labute approximate surface area is 156 Å². The van der Waals surface area contributed by atoms with Crippen LogP contribution in [0.1, 0.15) is 50.5 Å². The molecular weight excluding hydrogens is 332 g/mol. The largest absolute Gasteiger partial charge is 0.464 e. The Morgan fingerprint density at radius 2 is 2.16 bits per heavy atom. The molecule has 25 heavy (non-hydrogen) atoms. The van der Waals surface area contributed by atoms with Crippen LogP contribution in [0.2, 0.25) is 0 Å². The zero-order chi connectivity index (χ0) is 17.9. The molecule has 6 heteroatoms. The van der Waals surface area contributed by atoms with Gasteiger partial charge in [-0.1, -0.05) is 26.2 Å². The Morgan fingerprint density at radius 1 is 1.28 bits per heavy atom. The van der Waals surface area contributed by atoms with Crippen LogP contribution in [0.25, 0.3) is 0 Å². The van der Waals surface area contributed by atoms with Crippen LogP contribution in [-0.2, 0) is 13.1 Å². The molecule has 0 aliphatic carbocycles. The lowest BCUT2D eigenvalue weighted by molar-refractivity contribution is 0.340. The molecule has 0 atom stereocenters. The third-order valence-corrected chi connectivity index (χ3v) is 4.54. The first-order chi connectivity index (χ1) is 12.2. The Hall–Kier alpha value is -1.82. The highest BCUT2D eigenvalue weighted by atomic mass is 32.1. The molecular formula is C19H30N4OS. The highest BCUT2D eigenvalue weighted by molar-refractivity contribution is 7.80. The van der Waals surface area contributed by atoms with Crippen molar-refractivity contribution < 1.29 is 4.42 Å². The molecule has 2 rings (SSSR count). The molecule has 0 amide bonds. The minimum absolute atomic E-state index is 0.707. The minimum Gasteiger partial charge on any atom is -0.464 e. The molecule has 0 unspecified atom stereocenters. The average Bonchev–Trinajstić information content (AvgIpc) is 3.25. The van der Waals surface area contributed by atoms with Gasteiger partial charge in [-0.25, -0.2) is 4.98 Å². The number of nitrogens with zero attached hydrogens (tertiary/aromatic N) is 3. The van der Waals surface area contributed by atoms with E-state index < -0.39 is 0 Å². The van der Waals surface area contributed by atoms with Crippen LogP contribution in [0.15, 0.2) is 35.3 Å². The molecule has 2 aromatic heterocycles. The van der Waals surface area contributed by atoms with Crippen LogP contribution in [0.4, 0.5) is 0 Å². The van der Waals surface area contributed by atoms with Crippen LogP contribution in [0.3, 0.4) is 0 Å². The van der Waals surface area contributed by atoms with Gasteiger partial charge in [0.1, 0.15) is 11.5 Å². The van der Waals surface area contributed by atoms with Crippen molar-refractivity contribution in [2.24, 2.45) is 0 Å². The molecule has 0 bridgehead atoms. The Kier molecular flexibility index (Phi) is 8.52. The first kappa shape index (κ1) is 19.5. The van der Waals surface area contributed by atoms with Crippen molar-refractivity contribution in [3.63, 3.8) is 0 Å². The summed E-state index contributed by atoms with van der Waals surface area (Å²) >= 11 is 5.63. The van der Waals surface area contributed by atoms with Gasteiger partial charge in [-0.05, 0) is 44.1 Å². The molecule has 0 spiro atoms. The van der Waals surface area contributed by atoms with Crippen LogP contribution < -0.4 is 5.32 Å². The Bertz CT molecular complexity index is 609. The number of nitrogens with one attached hydrogen (secondary N) is 1. The molecule has 0 aliphatic rings. The highest BCUT2D eigenvalue weighted by Crippen LogP contribution is 2.11. The van der Waals surface area contributed by atoms with E-state index in [1.807, 2.05) is 37.8 Å². The van der Waals surface area contributed by atoms with Crippen LogP contribution in [-0.4, -0.2) is 32.7 Å². The lowest BCUT2D eigenvalue weighted by Gasteiger charge is -2.25. The number of hydrogen-bond acceptors (Lipinski definition) is 3. The summed E-state index contributed by atoms with van der Waals surface area (Å²) in [4.78, 5) is 6.29. The second-order valence-corrected chi connectivity index (χ2v) is 6.77. The number of unbranched alkanes of at least 4 members (excludes halogenated alkanes) is 3. The standard InChI is InChI=1S/C19H30N4OS/c1-3-4-5-6-10-21-19(25)23(15-18-9-8-17(2)24-18)13-7-12-22-14-11-20-16-22/h8-9,11,14,16H,3-7,10,12-13,15H2,1-2H3,(H,21,25). The maximum atomic E-state index is 5.73. The molecule has 5 nitrogen and oxygen atoms in total. The topological polar surface area (TPSA) is 46.2 Å². The molecule has 2 heterocycles. The highest BCUT2D eigenvalue weighted by Gasteiger charge is 2.12. The van der Waals surface area contributed by atoms with Crippen LogP contribution >= 0.6 is 12.2 Å².